The normalized spacial score (nSPS) is 11.5. The number of guanidine groups is 1. The first-order chi connectivity index (χ1) is 12.2. The van der Waals surface area contributed by atoms with Crippen LogP contribution in [0.1, 0.15) is 35.5 Å². The van der Waals surface area contributed by atoms with E-state index in [0.717, 1.165) is 27.1 Å². The average molecular weight is 482 g/mol. The van der Waals surface area contributed by atoms with E-state index in [0.29, 0.717) is 19.0 Å². The van der Waals surface area contributed by atoms with Crippen LogP contribution in [-0.4, -0.2) is 28.2 Å². The van der Waals surface area contributed by atoms with Gasteiger partial charge < -0.3 is 10.6 Å². The number of nitrogens with zero attached hydrogens (tertiary/aromatic N) is 4. The number of rotatable bonds is 5. The number of nitrogens with one attached hydrogen (secondary N) is 2. The zero-order valence-electron chi connectivity index (χ0n) is 15.1. The van der Waals surface area contributed by atoms with E-state index in [1.54, 1.807) is 18.4 Å². The summed E-state index contributed by atoms with van der Waals surface area (Å²) in [5, 5.41) is 19.4. The predicted molar refractivity (Wildman–Crippen MR) is 118 cm³/mol. The summed E-state index contributed by atoms with van der Waals surface area (Å²) in [6, 6.07) is 10.3. The SMILES string of the molecule is CN=C(NCc1nnc(C(C)C)s1)NCc1nccc2ccccc12.I. The minimum atomic E-state index is 0. The molecule has 0 aliphatic rings. The van der Waals surface area contributed by atoms with Gasteiger partial charge in [0.25, 0.3) is 0 Å². The summed E-state index contributed by atoms with van der Waals surface area (Å²) < 4.78 is 0. The fraction of sp³-hybridized carbons (Fsp3) is 0.333. The van der Waals surface area contributed by atoms with Gasteiger partial charge in [0.15, 0.2) is 5.96 Å². The van der Waals surface area contributed by atoms with Crippen LogP contribution in [0.4, 0.5) is 0 Å². The summed E-state index contributed by atoms with van der Waals surface area (Å²) in [6.45, 7) is 5.45. The summed E-state index contributed by atoms with van der Waals surface area (Å²) >= 11 is 1.63. The Hall–Kier alpha value is -1.81. The fourth-order valence-electron chi connectivity index (χ4n) is 2.44. The molecule has 1 aromatic carbocycles. The minimum Gasteiger partial charge on any atom is -0.351 e. The van der Waals surface area contributed by atoms with Crippen LogP contribution in [0.15, 0.2) is 41.5 Å². The monoisotopic (exact) mass is 482 g/mol. The first kappa shape index (κ1) is 20.5. The molecule has 2 heterocycles. The summed E-state index contributed by atoms with van der Waals surface area (Å²) in [6.07, 6.45) is 1.84. The standard InChI is InChI=1S/C18H22N6S.HI/c1-12(2)17-24-23-16(25-17)11-22-18(19-3)21-10-15-14-7-5-4-6-13(14)8-9-20-15;/h4-9,12H,10-11H2,1-3H3,(H2,19,21,22);1H. The van der Waals surface area contributed by atoms with E-state index in [1.165, 1.54) is 5.39 Å². The maximum absolute atomic E-state index is 4.49. The van der Waals surface area contributed by atoms with Crippen molar-refractivity contribution >= 4 is 52.0 Å². The van der Waals surface area contributed by atoms with Crippen LogP contribution in [0.2, 0.25) is 0 Å². The lowest BCUT2D eigenvalue weighted by Crippen LogP contribution is -2.36. The molecule has 138 valence electrons. The molecule has 0 aliphatic heterocycles. The van der Waals surface area contributed by atoms with Gasteiger partial charge >= 0.3 is 0 Å². The van der Waals surface area contributed by atoms with Gasteiger partial charge in [-0.05, 0) is 11.5 Å². The molecule has 3 aromatic rings. The van der Waals surface area contributed by atoms with Crippen molar-refractivity contribution in [3.8, 4) is 0 Å². The van der Waals surface area contributed by atoms with Gasteiger partial charge in [-0.1, -0.05) is 49.4 Å². The molecule has 0 unspecified atom stereocenters. The van der Waals surface area contributed by atoms with Crippen LogP contribution in [0, 0.1) is 0 Å². The minimum absolute atomic E-state index is 0. The van der Waals surface area contributed by atoms with E-state index >= 15 is 0 Å². The molecular formula is C18H23IN6S. The number of pyridine rings is 1. The molecule has 0 fully saturated rings. The van der Waals surface area contributed by atoms with E-state index in [-0.39, 0.29) is 24.0 Å². The van der Waals surface area contributed by atoms with Gasteiger partial charge in [-0.2, -0.15) is 0 Å². The smallest absolute Gasteiger partial charge is 0.191 e. The predicted octanol–water partition coefficient (Wildman–Crippen LogP) is 3.69. The number of aromatic nitrogens is 3. The zero-order chi connectivity index (χ0) is 17.6. The van der Waals surface area contributed by atoms with Crippen LogP contribution >= 0.6 is 35.3 Å². The Morgan fingerprint density at radius 3 is 2.62 bits per heavy atom. The molecule has 8 heteroatoms. The quantitative estimate of drug-likeness (QED) is 0.330. The number of halogens is 1. The molecule has 3 rings (SSSR count). The Bertz CT molecular complexity index is 872. The third-order valence-corrected chi connectivity index (χ3v) is 5.01. The number of aliphatic imine (C=N–C) groups is 1. The van der Waals surface area contributed by atoms with Crippen LogP contribution in [-0.2, 0) is 13.1 Å². The second-order valence-electron chi connectivity index (χ2n) is 5.95. The van der Waals surface area contributed by atoms with Gasteiger partial charge in [0.05, 0.1) is 18.8 Å². The Balaban J connectivity index is 0.00000243. The maximum atomic E-state index is 4.49. The third kappa shape index (κ3) is 5.10. The molecular weight excluding hydrogens is 459 g/mol. The Kier molecular flexibility index (Phi) is 7.70. The molecule has 0 radical (unpaired) electrons. The highest BCUT2D eigenvalue weighted by Gasteiger charge is 2.08. The number of benzene rings is 1. The second kappa shape index (κ2) is 9.77. The second-order valence-corrected chi connectivity index (χ2v) is 7.04. The molecule has 0 saturated heterocycles. The molecule has 0 aliphatic carbocycles. The highest BCUT2D eigenvalue weighted by molar-refractivity contribution is 14.0. The van der Waals surface area contributed by atoms with Crippen molar-refractivity contribution in [2.24, 2.45) is 4.99 Å². The summed E-state index contributed by atoms with van der Waals surface area (Å²) in [7, 11) is 1.76. The van der Waals surface area contributed by atoms with Crippen LogP contribution in [0.3, 0.4) is 0 Å². The number of fused-ring (bicyclic) bond motifs is 1. The third-order valence-electron chi connectivity index (χ3n) is 3.79. The molecule has 2 aromatic heterocycles. The Morgan fingerprint density at radius 1 is 1.12 bits per heavy atom. The molecule has 6 nitrogen and oxygen atoms in total. The van der Waals surface area contributed by atoms with Gasteiger partial charge in [0.2, 0.25) is 0 Å². The van der Waals surface area contributed by atoms with Crippen molar-refractivity contribution in [3.63, 3.8) is 0 Å². The lowest BCUT2D eigenvalue weighted by Gasteiger charge is -2.11. The van der Waals surface area contributed by atoms with E-state index in [1.807, 2.05) is 24.4 Å². The summed E-state index contributed by atoms with van der Waals surface area (Å²) in [4.78, 5) is 8.75. The highest BCUT2D eigenvalue weighted by Crippen LogP contribution is 2.18. The van der Waals surface area contributed by atoms with E-state index in [9.17, 15) is 0 Å². The summed E-state index contributed by atoms with van der Waals surface area (Å²) in [5.41, 5.74) is 0.999. The van der Waals surface area contributed by atoms with Crippen molar-refractivity contribution in [2.75, 3.05) is 7.05 Å². The molecule has 0 saturated carbocycles. The molecule has 0 amide bonds. The van der Waals surface area contributed by atoms with E-state index in [2.05, 4.69) is 56.8 Å². The van der Waals surface area contributed by atoms with Crippen molar-refractivity contribution in [1.82, 2.24) is 25.8 Å². The molecule has 26 heavy (non-hydrogen) atoms. The lowest BCUT2D eigenvalue weighted by molar-refractivity contribution is 0.779. The number of hydrogen-bond donors (Lipinski definition) is 2. The lowest BCUT2D eigenvalue weighted by atomic mass is 10.1. The zero-order valence-corrected chi connectivity index (χ0v) is 18.2. The molecule has 0 spiro atoms. The van der Waals surface area contributed by atoms with Crippen molar-refractivity contribution in [2.45, 2.75) is 32.9 Å². The molecule has 0 bridgehead atoms. The maximum Gasteiger partial charge on any atom is 0.191 e. The van der Waals surface area contributed by atoms with Crippen LogP contribution < -0.4 is 10.6 Å². The van der Waals surface area contributed by atoms with E-state index in [4.69, 9.17) is 0 Å². The van der Waals surface area contributed by atoms with Crippen LogP contribution in [0.25, 0.3) is 10.8 Å². The van der Waals surface area contributed by atoms with Gasteiger partial charge in [-0.25, -0.2) is 0 Å². The van der Waals surface area contributed by atoms with Crippen LogP contribution in [0.5, 0.6) is 0 Å². The average Bonchev–Trinajstić information content (AvgIpc) is 3.11. The fourth-order valence-corrected chi connectivity index (χ4v) is 3.23. The largest absolute Gasteiger partial charge is 0.351 e. The summed E-state index contributed by atoms with van der Waals surface area (Å²) in [5.74, 6) is 1.12. The van der Waals surface area contributed by atoms with Gasteiger partial charge in [-0.3, -0.25) is 9.98 Å². The van der Waals surface area contributed by atoms with Crippen molar-refractivity contribution in [1.29, 1.82) is 0 Å². The number of hydrogen-bond acceptors (Lipinski definition) is 5. The first-order valence-electron chi connectivity index (χ1n) is 8.27. The van der Waals surface area contributed by atoms with Gasteiger partial charge in [0.1, 0.15) is 10.0 Å². The van der Waals surface area contributed by atoms with Gasteiger partial charge in [-0.15, -0.1) is 34.2 Å². The van der Waals surface area contributed by atoms with E-state index < -0.39 is 0 Å². The Labute approximate surface area is 174 Å². The first-order valence-corrected chi connectivity index (χ1v) is 9.08. The van der Waals surface area contributed by atoms with Gasteiger partial charge in [0, 0.05) is 24.5 Å². The highest BCUT2D eigenvalue weighted by atomic mass is 127. The van der Waals surface area contributed by atoms with Crippen molar-refractivity contribution < 1.29 is 0 Å². The Morgan fingerprint density at radius 2 is 1.88 bits per heavy atom. The topological polar surface area (TPSA) is 75.1 Å². The molecule has 2 N–H and O–H groups in total. The molecule has 0 atom stereocenters. The van der Waals surface area contributed by atoms with Crippen molar-refractivity contribution in [3.05, 3.63) is 52.2 Å².